The van der Waals surface area contributed by atoms with Gasteiger partial charge in [0.2, 0.25) is 0 Å². The van der Waals surface area contributed by atoms with E-state index in [2.05, 4.69) is 22.6 Å². The van der Waals surface area contributed by atoms with Crippen molar-refractivity contribution >= 4 is 45.4 Å². The first-order valence-corrected chi connectivity index (χ1v) is 8.95. The number of carbonyl (C=O) groups is 1. The zero-order valence-corrected chi connectivity index (χ0v) is 14.8. The standard InChI is InChI=1S/C16H15Cl2N3OS/c1-21-5-4-9-12(7-21)23-16-13(9)15(22)19-14(20-16)8-2-3-10(17)11(18)6-8/h2-3,6,14,20H,4-5,7H2,1H3,(H,19,22)/t14-/m0/s1. The summed E-state index contributed by atoms with van der Waals surface area (Å²) < 4.78 is 0. The summed E-state index contributed by atoms with van der Waals surface area (Å²) in [7, 11) is 2.10. The highest BCUT2D eigenvalue weighted by molar-refractivity contribution is 7.16. The third-order valence-electron chi connectivity index (χ3n) is 4.30. The van der Waals surface area contributed by atoms with Crippen molar-refractivity contribution in [3.05, 3.63) is 49.8 Å². The number of amides is 1. The van der Waals surface area contributed by atoms with Gasteiger partial charge in [0.25, 0.3) is 5.91 Å². The van der Waals surface area contributed by atoms with E-state index < -0.39 is 0 Å². The number of benzene rings is 1. The Bertz CT molecular complexity index is 805. The minimum absolute atomic E-state index is 0.0168. The van der Waals surface area contributed by atoms with Crippen molar-refractivity contribution in [2.24, 2.45) is 0 Å². The Morgan fingerprint density at radius 1 is 1.26 bits per heavy atom. The Balaban J connectivity index is 1.70. The maximum absolute atomic E-state index is 12.6. The molecule has 0 aliphatic carbocycles. The van der Waals surface area contributed by atoms with Crippen molar-refractivity contribution in [1.29, 1.82) is 0 Å². The molecule has 0 saturated carbocycles. The van der Waals surface area contributed by atoms with Crippen LogP contribution in [-0.2, 0) is 13.0 Å². The van der Waals surface area contributed by atoms with Crippen LogP contribution in [0.5, 0.6) is 0 Å². The molecule has 0 saturated heterocycles. The fraction of sp³-hybridized carbons (Fsp3) is 0.312. The topological polar surface area (TPSA) is 44.4 Å². The Hall–Kier alpha value is -1.27. The van der Waals surface area contributed by atoms with Crippen molar-refractivity contribution in [3.8, 4) is 0 Å². The number of nitrogens with one attached hydrogen (secondary N) is 2. The molecule has 2 aliphatic rings. The third-order valence-corrected chi connectivity index (χ3v) is 6.19. The molecule has 23 heavy (non-hydrogen) atoms. The van der Waals surface area contributed by atoms with E-state index in [9.17, 15) is 4.79 Å². The van der Waals surface area contributed by atoms with Crippen molar-refractivity contribution in [2.45, 2.75) is 19.1 Å². The number of halogens is 2. The zero-order valence-electron chi connectivity index (χ0n) is 12.5. The lowest BCUT2D eigenvalue weighted by Gasteiger charge is -2.27. The normalized spacial score (nSPS) is 20.5. The van der Waals surface area contributed by atoms with Gasteiger partial charge in [-0.1, -0.05) is 29.3 Å². The highest BCUT2D eigenvalue weighted by Crippen LogP contribution is 2.40. The molecule has 2 aliphatic heterocycles. The molecule has 2 aromatic rings. The second-order valence-electron chi connectivity index (χ2n) is 5.92. The van der Waals surface area contributed by atoms with Gasteiger partial charge in [-0.3, -0.25) is 4.79 Å². The first-order chi connectivity index (χ1) is 11.0. The molecule has 7 heteroatoms. The van der Waals surface area contributed by atoms with Gasteiger partial charge >= 0.3 is 0 Å². The number of thiophene rings is 1. The molecule has 0 radical (unpaired) electrons. The number of likely N-dealkylation sites (N-methyl/N-ethyl adjacent to an activating group) is 1. The van der Waals surface area contributed by atoms with E-state index in [0.717, 1.165) is 35.6 Å². The van der Waals surface area contributed by atoms with Crippen LogP contribution < -0.4 is 10.6 Å². The molecule has 1 amide bonds. The minimum Gasteiger partial charge on any atom is -0.353 e. The molecule has 0 spiro atoms. The predicted octanol–water partition coefficient (Wildman–Crippen LogP) is 3.90. The van der Waals surface area contributed by atoms with Crippen LogP contribution in [0.4, 0.5) is 5.00 Å². The van der Waals surface area contributed by atoms with Crippen LogP contribution in [0.25, 0.3) is 0 Å². The second-order valence-corrected chi connectivity index (χ2v) is 7.84. The molecule has 4 nitrogen and oxygen atoms in total. The summed E-state index contributed by atoms with van der Waals surface area (Å²) in [6.07, 6.45) is 0.632. The van der Waals surface area contributed by atoms with Gasteiger partial charge in [-0.05, 0) is 36.7 Å². The maximum Gasteiger partial charge on any atom is 0.256 e. The molecule has 1 aromatic heterocycles. The van der Waals surface area contributed by atoms with Gasteiger partial charge in [-0.25, -0.2) is 0 Å². The smallest absolute Gasteiger partial charge is 0.256 e. The van der Waals surface area contributed by atoms with Crippen LogP contribution in [0, 0.1) is 0 Å². The lowest BCUT2D eigenvalue weighted by atomic mass is 10.0. The molecule has 120 valence electrons. The number of nitrogens with zero attached hydrogens (tertiary/aromatic N) is 1. The zero-order chi connectivity index (χ0) is 16.1. The molecule has 1 atom stereocenters. The lowest BCUT2D eigenvalue weighted by Crippen LogP contribution is -2.38. The highest BCUT2D eigenvalue weighted by Gasteiger charge is 2.32. The second kappa shape index (κ2) is 5.67. The fourth-order valence-electron chi connectivity index (χ4n) is 3.10. The van der Waals surface area contributed by atoms with Crippen LogP contribution in [0.2, 0.25) is 10.0 Å². The molecule has 3 heterocycles. The summed E-state index contributed by atoms with van der Waals surface area (Å²) in [6.45, 7) is 1.89. The summed E-state index contributed by atoms with van der Waals surface area (Å²) in [5.41, 5.74) is 2.90. The summed E-state index contributed by atoms with van der Waals surface area (Å²) in [4.78, 5) is 16.2. The Morgan fingerprint density at radius 2 is 2.09 bits per heavy atom. The van der Waals surface area contributed by atoms with E-state index in [0.29, 0.717) is 10.0 Å². The van der Waals surface area contributed by atoms with Gasteiger partial charge in [-0.2, -0.15) is 0 Å². The molecular formula is C16H15Cl2N3OS. The molecular weight excluding hydrogens is 353 g/mol. The highest BCUT2D eigenvalue weighted by atomic mass is 35.5. The summed E-state index contributed by atoms with van der Waals surface area (Å²) in [6, 6.07) is 5.41. The summed E-state index contributed by atoms with van der Waals surface area (Å²) >= 11 is 13.7. The van der Waals surface area contributed by atoms with Gasteiger partial charge in [0.1, 0.15) is 11.2 Å². The number of hydrogen-bond donors (Lipinski definition) is 2. The van der Waals surface area contributed by atoms with Crippen LogP contribution >= 0.6 is 34.5 Å². The molecule has 0 unspecified atom stereocenters. The Morgan fingerprint density at radius 3 is 2.87 bits per heavy atom. The maximum atomic E-state index is 12.6. The summed E-state index contributed by atoms with van der Waals surface area (Å²) in [5, 5.41) is 8.39. The Kier molecular flexibility index (Phi) is 3.76. The molecule has 2 N–H and O–H groups in total. The number of anilines is 1. The van der Waals surface area contributed by atoms with Crippen LogP contribution in [0.1, 0.15) is 32.5 Å². The Labute approximate surface area is 148 Å². The van der Waals surface area contributed by atoms with Crippen LogP contribution in [-0.4, -0.2) is 24.4 Å². The van der Waals surface area contributed by atoms with E-state index in [1.54, 1.807) is 23.5 Å². The SMILES string of the molecule is CN1CCc2c(sc3c2C(=O)N[C@H](c2ccc(Cl)c(Cl)c2)N3)C1. The van der Waals surface area contributed by atoms with Crippen molar-refractivity contribution in [1.82, 2.24) is 10.2 Å². The van der Waals surface area contributed by atoms with Gasteiger partial charge < -0.3 is 15.5 Å². The van der Waals surface area contributed by atoms with E-state index >= 15 is 0 Å². The van der Waals surface area contributed by atoms with Gasteiger partial charge in [0.05, 0.1) is 15.6 Å². The average molecular weight is 368 g/mol. The van der Waals surface area contributed by atoms with Crippen molar-refractivity contribution in [2.75, 3.05) is 18.9 Å². The molecule has 0 bridgehead atoms. The van der Waals surface area contributed by atoms with E-state index in [4.69, 9.17) is 23.2 Å². The first kappa shape index (κ1) is 15.3. The van der Waals surface area contributed by atoms with Crippen LogP contribution in [0.15, 0.2) is 18.2 Å². The fourth-order valence-corrected chi connectivity index (χ4v) is 4.76. The number of hydrogen-bond acceptors (Lipinski definition) is 4. The van der Waals surface area contributed by atoms with Gasteiger partial charge in [0.15, 0.2) is 0 Å². The monoisotopic (exact) mass is 367 g/mol. The quantitative estimate of drug-likeness (QED) is 0.803. The number of rotatable bonds is 1. The first-order valence-electron chi connectivity index (χ1n) is 7.38. The van der Waals surface area contributed by atoms with E-state index in [1.807, 2.05) is 6.07 Å². The summed E-state index contributed by atoms with van der Waals surface area (Å²) in [5.74, 6) is -0.0168. The van der Waals surface area contributed by atoms with Gasteiger partial charge in [0, 0.05) is 18.0 Å². The minimum atomic E-state index is -0.289. The van der Waals surface area contributed by atoms with Crippen molar-refractivity contribution in [3.63, 3.8) is 0 Å². The number of carbonyl (C=O) groups excluding carboxylic acids is 1. The van der Waals surface area contributed by atoms with E-state index in [1.165, 1.54) is 10.4 Å². The lowest BCUT2D eigenvalue weighted by molar-refractivity contribution is 0.0935. The molecule has 1 aromatic carbocycles. The molecule has 0 fully saturated rings. The van der Waals surface area contributed by atoms with Gasteiger partial charge in [-0.15, -0.1) is 11.3 Å². The van der Waals surface area contributed by atoms with E-state index in [-0.39, 0.29) is 12.1 Å². The third kappa shape index (κ3) is 2.62. The van der Waals surface area contributed by atoms with Crippen molar-refractivity contribution < 1.29 is 4.79 Å². The van der Waals surface area contributed by atoms with Crippen LogP contribution in [0.3, 0.4) is 0 Å². The average Bonchev–Trinajstić information content (AvgIpc) is 2.87. The molecule has 4 rings (SSSR count). The predicted molar refractivity (Wildman–Crippen MR) is 94.6 cm³/mol. The largest absolute Gasteiger partial charge is 0.353 e. The number of fused-ring (bicyclic) bond motifs is 3.